The zero-order chi connectivity index (χ0) is 18.6. The molecule has 2 aromatic rings. The molecule has 27 heavy (non-hydrogen) atoms. The zero-order valence-corrected chi connectivity index (χ0v) is 18.2. The molecule has 0 aliphatic carbocycles. The number of rotatable bonds is 5. The molecular weight excluding hydrogens is 489 g/mol. The lowest BCUT2D eigenvalue weighted by atomic mass is 10.4. The SMILES string of the molecule is CN=C(NCc1noc(C)n1)N1CCN(S(=O)(=O)Cc2ccon2)CC1.I. The molecule has 0 aromatic carbocycles. The fourth-order valence-electron chi connectivity index (χ4n) is 2.67. The van der Waals surface area contributed by atoms with Gasteiger partial charge in [0.15, 0.2) is 11.8 Å². The highest BCUT2D eigenvalue weighted by molar-refractivity contribution is 14.0. The minimum atomic E-state index is -3.42. The Hall–Kier alpha value is -1.74. The molecule has 13 heteroatoms. The molecule has 150 valence electrons. The van der Waals surface area contributed by atoms with Crippen molar-refractivity contribution < 1.29 is 17.5 Å². The van der Waals surface area contributed by atoms with Crippen molar-refractivity contribution >= 4 is 40.0 Å². The second-order valence-electron chi connectivity index (χ2n) is 5.76. The number of guanidine groups is 1. The molecule has 1 aliphatic rings. The minimum absolute atomic E-state index is 0. The minimum Gasteiger partial charge on any atom is -0.364 e. The lowest BCUT2D eigenvalue weighted by molar-refractivity contribution is 0.259. The van der Waals surface area contributed by atoms with Gasteiger partial charge in [0.2, 0.25) is 15.9 Å². The number of sulfonamides is 1. The van der Waals surface area contributed by atoms with Crippen LogP contribution in [-0.2, 0) is 22.3 Å². The van der Waals surface area contributed by atoms with Crippen LogP contribution in [0.3, 0.4) is 0 Å². The Morgan fingerprint density at radius 3 is 2.59 bits per heavy atom. The van der Waals surface area contributed by atoms with E-state index >= 15 is 0 Å². The van der Waals surface area contributed by atoms with Gasteiger partial charge in [-0.2, -0.15) is 9.29 Å². The third-order valence-corrected chi connectivity index (χ3v) is 5.75. The number of hydrogen-bond donors (Lipinski definition) is 1. The fraction of sp³-hybridized carbons (Fsp3) is 0.571. The molecule has 0 atom stereocenters. The molecule has 0 saturated carbocycles. The summed E-state index contributed by atoms with van der Waals surface area (Å²) in [6, 6.07) is 1.55. The summed E-state index contributed by atoms with van der Waals surface area (Å²) in [6.45, 7) is 3.93. The van der Waals surface area contributed by atoms with E-state index in [0.29, 0.717) is 56.1 Å². The first kappa shape index (κ1) is 21.6. The van der Waals surface area contributed by atoms with E-state index in [0.717, 1.165) is 0 Å². The van der Waals surface area contributed by atoms with E-state index in [-0.39, 0.29) is 29.7 Å². The van der Waals surface area contributed by atoms with Gasteiger partial charge in [-0.3, -0.25) is 4.99 Å². The van der Waals surface area contributed by atoms with Crippen LogP contribution in [0.25, 0.3) is 0 Å². The van der Waals surface area contributed by atoms with E-state index < -0.39 is 10.0 Å². The summed E-state index contributed by atoms with van der Waals surface area (Å²) in [5.74, 6) is 1.55. The molecule has 0 amide bonds. The van der Waals surface area contributed by atoms with Crippen molar-refractivity contribution in [3.8, 4) is 0 Å². The first-order chi connectivity index (χ1) is 12.5. The van der Waals surface area contributed by atoms with Crippen molar-refractivity contribution in [2.24, 2.45) is 4.99 Å². The normalized spacial score (nSPS) is 16.2. The molecule has 0 bridgehead atoms. The maximum atomic E-state index is 12.5. The van der Waals surface area contributed by atoms with E-state index in [4.69, 9.17) is 9.05 Å². The van der Waals surface area contributed by atoms with Crippen molar-refractivity contribution in [2.45, 2.75) is 19.2 Å². The van der Waals surface area contributed by atoms with Gasteiger partial charge in [0.25, 0.3) is 0 Å². The van der Waals surface area contributed by atoms with Gasteiger partial charge in [-0.15, -0.1) is 24.0 Å². The Kier molecular flexibility index (Phi) is 7.55. The summed E-state index contributed by atoms with van der Waals surface area (Å²) in [5.41, 5.74) is 0.403. The van der Waals surface area contributed by atoms with Gasteiger partial charge in [0.1, 0.15) is 12.0 Å². The van der Waals surface area contributed by atoms with Gasteiger partial charge in [0.05, 0.1) is 12.2 Å². The van der Waals surface area contributed by atoms with Crippen LogP contribution in [0.1, 0.15) is 17.4 Å². The molecule has 3 rings (SSSR count). The average Bonchev–Trinajstić information content (AvgIpc) is 3.27. The highest BCUT2D eigenvalue weighted by Gasteiger charge is 2.29. The predicted octanol–water partition coefficient (Wildman–Crippen LogP) is 0.207. The van der Waals surface area contributed by atoms with Crippen LogP contribution in [0.5, 0.6) is 0 Å². The lowest BCUT2D eigenvalue weighted by Gasteiger charge is -2.35. The third kappa shape index (κ3) is 5.62. The summed E-state index contributed by atoms with van der Waals surface area (Å²) >= 11 is 0. The van der Waals surface area contributed by atoms with Crippen LogP contribution >= 0.6 is 24.0 Å². The monoisotopic (exact) mass is 511 g/mol. The van der Waals surface area contributed by atoms with Crippen molar-refractivity contribution in [3.63, 3.8) is 0 Å². The Bertz CT molecular complexity index is 845. The first-order valence-electron chi connectivity index (χ1n) is 8.10. The summed E-state index contributed by atoms with van der Waals surface area (Å²) in [5, 5.41) is 10.7. The molecule has 2 aromatic heterocycles. The molecule has 1 saturated heterocycles. The topological polar surface area (TPSA) is 130 Å². The van der Waals surface area contributed by atoms with Gasteiger partial charge in [-0.05, 0) is 0 Å². The fourth-order valence-corrected chi connectivity index (χ4v) is 4.10. The second kappa shape index (κ2) is 9.45. The molecule has 1 aliphatic heterocycles. The van der Waals surface area contributed by atoms with Gasteiger partial charge in [-0.1, -0.05) is 10.3 Å². The zero-order valence-electron chi connectivity index (χ0n) is 15.0. The van der Waals surface area contributed by atoms with Crippen LogP contribution in [0.4, 0.5) is 0 Å². The van der Waals surface area contributed by atoms with Crippen LogP contribution < -0.4 is 5.32 Å². The molecule has 0 spiro atoms. The smallest absolute Gasteiger partial charge is 0.223 e. The number of piperazine rings is 1. The molecule has 0 unspecified atom stereocenters. The molecule has 3 heterocycles. The number of nitrogens with zero attached hydrogens (tertiary/aromatic N) is 6. The van der Waals surface area contributed by atoms with Crippen molar-refractivity contribution in [1.29, 1.82) is 0 Å². The first-order valence-corrected chi connectivity index (χ1v) is 9.71. The van der Waals surface area contributed by atoms with Crippen LogP contribution in [-0.4, -0.2) is 72.1 Å². The number of halogens is 1. The Morgan fingerprint density at radius 2 is 2.04 bits per heavy atom. The van der Waals surface area contributed by atoms with E-state index in [1.54, 1.807) is 20.0 Å². The van der Waals surface area contributed by atoms with Gasteiger partial charge in [-0.25, -0.2) is 8.42 Å². The Balaban J connectivity index is 0.00000261. The van der Waals surface area contributed by atoms with Gasteiger partial charge < -0.3 is 19.3 Å². The van der Waals surface area contributed by atoms with Crippen LogP contribution in [0.2, 0.25) is 0 Å². The van der Waals surface area contributed by atoms with Gasteiger partial charge in [0, 0.05) is 46.2 Å². The number of aliphatic imine (C=N–C) groups is 1. The van der Waals surface area contributed by atoms with E-state index in [9.17, 15) is 8.42 Å². The van der Waals surface area contributed by atoms with Crippen LogP contribution in [0.15, 0.2) is 26.4 Å². The summed E-state index contributed by atoms with van der Waals surface area (Å²) in [6.07, 6.45) is 1.36. The van der Waals surface area contributed by atoms with E-state index in [1.807, 2.05) is 4.90 Å². The quantitative estimate of drug-likeness (QED) is 0.340. The van der Waals surface area contributed by atoms with Gasteiger partial charge >= 0.3 is 0 Å². The molecule has 1 N–H and O–H groups in total. The van der Waals surface area contributed by atoms with Crippen molar-refractivity contribution in [3.05, 3.63) is 29.7 Å². The van der Waals surface area contributed by atoms with Crippen LogP contribution in [0, 0.1) is 6.92 Å². The lowest BCUT2D eigenvalue weighted by Crippen LogP contribution is -2.53. The highest BCUT2D eigenvalue weighted by Crippen LogP contribution is 2.13. The summed E-state index contributed by atoms with van der Waals surface area (Å²) in [4.78, 5) is 10.4. The largest absolute Gasteiger partial charge is 0.364 e. The number of aromatic nitrogens is 3. The predicted molar refractivity (Wildman–Crippen MR) is 107 cm³/mol. The molecule has 11 nitrogen and oxygen atoms in total. The molecular formula is C14H22IN7O4S. The van der Waals surface area contributed by atoms with E-state index in [1.165, 1.54) is 10.6 Å². The Morgan fingerprint density at radius 1 is 1.30 bits per heavy atom. The number of hydrogen-bond acceptors (Lipinski definition) is 8. The third-order valence-electron chi connectivity index (χ3n) is 3.94. The van der Waals surface area contributed by atoms with Crippen molar-refractivity contribution in [2.75, 3.05) is 33.2 Å². The number of aryl methyl sites for hydroxylation is 1. The molecule has 0 radical (unpaired) electrons. The summed E-state index contributed by atoms with van der Waals surface area (Å²) in [7, 11) is -1.75. The summed E-state index contributed by atoms with van der Waals surface area (Å²) < 4.78 is 36.0. The highest BCUT2D eigenvalue weighted by atomic mass is 127. The standard InChI is InChI=1S/C14H21N7O4S.HI/c1-11-17-13(19-25-11)9-16-14(15-2)20-4-6-21(7-5-20)26(22,23)10-12-3-8-24-18-12;/h3,8H,4-7,9-10H2,1-2H3,(H,15,16);1H. The number of nitrogens with one attached hydrogen (secondary N) is 1. The Labute approximate surface area is 174 Å². The maximum Gasteiger partial charge on any atom is 0.223 e. The molecule has 1 fully saturated rings. The average molecular weight is 511 g/mol. The van der Waals surface area contributed by atoms with E-state index in [2.05, 4.69) is 25.6 Å². The second-order valence-corrected chi connectivity index (χ2v) is 7.73. The van der Waals surface area contributed by atoms with Crippen molar-refractivity contribution in [1.82, 2.24) is 29.8 Å². The maximum absolute atomic E-state index is 12.5.